The lowest BCUT2D eigenvalue weighted by molar-refractivity contribution is -0.111. The number of anilines is 1. The predicted octanol–water partition coefficient (Wildman–Crippen LogP) is 4.85. The first-order chi connectivity index (χ1) is 13.6. The lowest BCUT2D eigenvalue weighted by Crippen LogP contribution is -2.12. The van der Waals surface area contributed by atoms with Gasteiger partial charge in [0.25, 0.3) is 0 Å². The number of ether oxygens (including phenoxy) is 2. The number of rotatable bonds is 5. The summed E-state index contributed by atoms with van der Waals surface area (Å²) < 4.78 is 10.1. The number of esters is 1. The van der Waals surface area contributed by atoms with Gasteiger partial charge in [0.05, 0.1) is 19.8 Å². The summed E-state index contributed by atoms with van der Waals surface area (Å²) in [5.41, 5.74) is 2.46. The van der Waals surface area contributed by atoms with Gasteiger partial charge in [-0.3, -0.25) is 4.79 Å². The van der Waals surface area contributed by atoms with Crippen molar-refractivity contribution in [3.63, 3.8) is 0 Å². The van der Waals surface area contributed by atoms with Crippen molar-refractivity contribution in [1.82, 2.24) is 0 Å². The van der Waals surface area contributed by atoms with Crippen LogP contribution >= 0.6 is 11.3 Å². The Morgan fingerprint density at radius 1 is 1.04 bits per heavy atom. The number of benzene rings is 1. The lowest BCUT2D eigenvalue weighted by Gasteiger charge is -2.10. The first kappa shape index (κ1) is 20.1. The minimum atomic E-state index is -0.382. The third kappa shape index (κ3) is 4.81. The minimum Gasteiger partial charge on any atom is -0.497 e. The number of thiophene rings is 1. The number of fused-ring (bicyclic) bond motifs is 1. The van der Waals surface area contributed by atoms with Crippen LogP contribution in [-0.4, -0.2) is 26.1 Å². The van der Waals surface area contributed by atoms with Gasteiger partial charge in [-0.05, 0) is 55.0 Å². The molecule has 1 aliphatic carbocycles. The van der Waals surface area contributed by atoms with E-state index in [4.69, 9.17) is 9.47 Å². The predicted molar refractivity (Wildman–Crippen MR) is 112 cm³/mol. The van der Waals surface area contributed by atoms with Crippen molar-refractivity contribution in [2.45, 2.75) is 38.5 Å². The average Bonchev–Trinajstić information content (AvgIpc) is 3.02. The van der Waals surface area contributed by atoms with E-state index in [1.165, 1.54) is 42.2 Å². The van der Waals surface area contributed by atoms with Gasteiger partial charge in [-0.2, -0.15) is 0 Å². The summed E-state index contributed by atoms with van der Waals surface area (Å²) in [6, 6.07) is 7.43. The smallest absolute Gasteiger partial charge is 0.341 e. The zero-order valence-corrected chi connectivity index (χ0v) is 17.1. The summed E-state index contributed by atoms with van der Waals surface area (Å²) in [7, 11) is 2.99. The van der Waals surface area contributed by atoms with E-state index in [1.807, 2.05) is 24.3 Å². The Hall–Kier alpha value is -2.60. The van der Waals surface area contributed by atoms with Gasteiger partial charge in [-0.1, -0.05) is 25.0 Å². The summed E-state index contributed by atoms with van der Waals surface area (Å²) >= 11 is 1.50. The van der Waals surface area contributed by atoms with Gasteiger partial charge in [-0.15, -0.1) is 11.3 Å². The maximum Gasteiger partial charge on any atom is 0.341 e. The zero-order chi connectivity index (χ0) is 19.9. The van der Waals surface area contributed by atoms with Crippen LogP contribution in [0.3, 0.4) is 0 Å². The normalized spacial score (nSPS) is 14.1. The van der Waals surface area contributed by atoms with Crippen LogP contribution in [0.15, 0.2) is 30.3 Å². The molecule has 1 aromatic heterocycles. The second-order valence-electron chi connectivity index (χ2n) is 6.71. The summed E-state index contributed by atoms with van der Waals surface area (Å²) in [4.78, 5) is 26.0. The van der Waals surface area contributed by atoms with Gasteiger partial charge in [0.1, 0.15) is 10.8 Å². The number of carbonyl (C=O) groups excluding carboxylic acids is 2. The molecule has 0 saturated heterocycles. The first-order valence-corrected chi connectivity index (χ1v) is 10.3. The molecule has 1 heterocycles. The number of nitrogens with one attached hydrogen (secondary N) is 1. The summed E-state index contributed by atoms with van der Waals surface area (Å²) in [6.07, 6.45) is 9.54. The van der Waals surface area contributed by atoms with Crippen LogP contribution in [0.4, 0.5) is 5.00 Å². The van der Waals surface area contributed by atoms with Gasteiger partial charge in [0.2, 0.25) is 5.91 Å². The summed E-state index contributed by atoms with van der Waals surface area (Å²) in [6.45, 7) is 0. The standard InChI is InChI=1S/C22H25NO4S/c1-26-16-12-9-15(10-13-16)11-14-19(24)23-21-20(22(25)27-2)17-7-5-3-4-6-8-18(17)28-21/h9-14H,3-8H2,1-2H3,(H,23,24)/b14-11-. The molecule has 0 fully saturated rings. The molecule has 1 amide bonds. The molecular formula is C22H25NO4S. The molecule has 6 heteroatoms. The minimum absolute atomic E-state index is 0.268. The highest BCUT2D eigenvalue weighted by Crippen LogP contribution is 2.37. The van der Waals surface area contributed by atoms with Crippen molar-refractivity contribution in [3.05, 3.63) is 51.9 Å². The van der Waals surface area contributed by atoms with Gasteiger partial charge in [-0.25, -0.2) is 4.79 Å². The number of aryl methyl sites for hydroxylation is 1. The summed E-state index contributed by atoms with van der Waals surface area (Å²) in [5, 5.41) is 3.47. The van der Waals surface area contributed by atoms with Crippen molar-refractivity contribution >= 4 is 34.3 Å². The largest absolute Gasteiger partial charge is 0.497 e. The SMILES string of the molecule is COC(=O)c1c(NC(=O)/C=C\c2ccc(OC)cc2)sc2c1CCCCCC2. The van der Waals surface area contributed by atoms with E-state index in [0.717, 1.165) is 42.6 Å². The molecule has 3 rings (SSSR count). The first-order valence-electron chi connectivity index (χ1n) is 9.48. The molecule has 0 aliphatic heterocycles. The molecule has 1 N–H and O–H groups in total. The molecule has 0 radical (unpaired) electrons. The molecule has 0 bridgehead atoms. The average molecular weight is 400 g/mol. The fraction of sp³-hybridized carbons (Fsp3) is 0.364. The van der Waals surface area contributed by atoms with Gasteiger partial charge in [0, 0.05) is 11.0 Å². The molecule has 2 aromatic rings. The molecule has 0 unspecified atom stereocenters. The maximum atomic E-state index is 12.5. The highest BCUT2D eigenvalue weighted by Gasteiger charge is 2.25. The quantitative estimate of drug-likeness (QED) is 0.576. The van der Waals surface area contributed by atoms with E-state index in [-0.39, 0.29) is 11.9 Å². The van der Waals surface area contributed by atoms with Crippen molar-refractivity contribution in [1.29, 1.82) is 0 Å². The molecular weight excluding hydrogens is 374 g/mol. The van der Waals surface area contributed by atoms with E-state index in [1.54, 1.807) is 13.2 Å². The Bertz CT molecular complexity index is 867. The van der Waals surface area contributed by atoms with E-state index >= 15 is 0 Å². The Labute approximate surface area is 169 Å². The van der Waals surface area contributed by atoms with Crippen LogP contribution in [0.25, 0.3) is 6.08 Å². The molecule has 148 valence electrons. The van der Waals surface area contributed by atoms with Crippen molar-refractivity contribution in [2.24, 2.45) is 0 Å². The lowest BCUT2D eigenvalue weighted by atomic mass is 9.96. The second kappa shape index (κ2) is 9.55. The van der Waals surface area contributed by atoms with Gasteiger partial charge >= 0.3 is 5.97 Å². The molecule has 0 saturated carbocycles. The third-order valence-corrected chi connectivity index (χ3v) is 6.05. The molecule has 0 spiro atoms. The van der Waals surface area contributed by atoms with Gasteiger partial charge < -0.3 is 14.8 Å². The van der Waals surface area contributed by atoms with Crippen LogP contribution in [0, 0.1) is 0 Å². The number of amides is 1. The zero-order valence-electron chi connectivity index (χ0n) is 16.2. The van der Waals surface area contributed by atoms with Crippen LogP contribution < -0.4 is 10.1 Å². The number of methoxy groups -OCH3 is 2. The molecule has 0 atom stereocenters. The highest BCUT2D eigenvalue weighted by molar-refractivity contribution is 7.17. The summed E-state index contributed by atoms with van der Waals surface area (Å²) in [5.74, 6) is 0.114. The fourth-order valence-corrected chi connectivity index (χ4v) is 4.65. The maximum absolute atomic E-state index is 12.5. The van der Waals surface area contributed by atoms with Crippen molar-refractivity contribution in [2.75, 3.05) is 19.5 Å². The number of carbonyl (C=O) groups is 2. The van der Waals surface area contributed by atoms with E-state index in [9.17, 15) is 9.59 Å². The monoisotopic (exact) mass is 399 g/mol. The highest BCUT2D eigenvalue weighted by atomic mass is 32.1. The van der Waals surface area contributed by atoms with Crippen LogP contribution in [0.1, 0.15) is 52.0 Å². The van der Waals surface area contributed by atoms with Gasteiger partial charge in [0.15, 0.2) is 0 Å². The Morgan fingerprint density at radius 2 is 1.75 bits per heavy atom. The van der Waals surface area contributed by atoms with E-state index in [0.29, 0.717) is 10.6 Å². The topological polar surface area (TPSA) is 64.6 Å². The van der Waals surface area contributed by atoms with Crippen molar-refractivity contribution in [3.8, 4) is 5.75 Å². The van der Waals surface area contributed by atoms with Crippen LogP contribution in [0.5, 0.6) is 5.75 Å². The fourth-order valence-electron chi connectivity index (χ4n) is 3.37. The third-order valence-electron chi connectivity index (χ3n) is 4.84. The Kier molecular flexibility index (Phi) is 6.87. The second-order valence-corrected chi connectivity index (χ2v) is 7.81. The molecule has 5 nitrogen and oxygen atoms in total. The Morgan fingerprint density at radius 3 is 2.43 bits per heavy atom. The molecule has 1 aromatic carbocycles. The van der Waals surface area contributed by atoms with Crippen LogP contribution in [-0.2, 0) is 22.4 Å². The van der Waals surface area contributed by atoms with E-state index in [2.05, 4.69) is 5.32 Å². The van der Waals surface area contributed by atoms with Crippen LogP contribution in [0.2, 0.25) is 0 Å². The van der Waals surface area contributed by atoms with E-state index < -0.39 is 0 Å². The number of hydrogen-bond acceptors (Lipinski definition) is 5. The number of hydrogen-bond donors (Lipinski definition) is 1. The molecule has 28 heavy (non-hydrogen) atoms. The Balaban J connectivity index is 1.79. The van der Waals surface area contributed by atoms with Crippen molar-refractivity contribution < 1.29 is 19.1 Å². The molecule has 1 aliphatic rings.